The molecule has 1 aliphatic rings. The first-order valence-electron chi connectivity index (χ1n) is 3.77. The predicted octanol–water partition coefficient (Wildman–Crippen LogP) is 1.51. The SMILES string of the molecule is C1=CNN(c2ccccc2)N=C1. The molecule has 60 valence electrons. The Labute approximate surface area is 71.0 Å². The van der Waals surface area contributed by atoms with Gasteiger partial charge in [0.15, 0.2) is 0 Å². The molecule has 1 aliphatic heterocycles. The molecule has 12 heavy (non-hydrogen) atoms. The van der Waals surface area contributed by atoms with Crippen LogP contribution in [0.3, 0.4) is 0 Å². The Morgan fingerprint density at radius 1 is 1.17 bits per heavy atom. The van der Waals surface area contributed by atoms with Crippen LogP contribution in [0, 0.1) is 0 Å². The molecular weight excluding hydrogens is 150 g/mol. The monoisotopic (exact) mass is 159 g/mol. The van der Waals surface area contributed by atoms with Gasteiger partial charge in [0, 0.05) is 6.20 Å². The highest BCUT2D eigenvalue weighted by Gasteiger charge is 2.00. The summed E-state index contributed by atoms with van der Waals surface area (Å²) in [6.07, 6.45) is 5.42. The van der Waals surface area contributed by atoms with Gasteiger partial charge in [-0.15, -0.1) is 0 Å². The van der Waals surface area contributed by atoms with Crippen molar-refractivity contribution in [3.8, 4) is 0 Å². The zero-order chi connectivity index (χ0) is 8.23. The molecule has 0 aliphatic carbocycles. The fourth-order valence-electron chi connectivity index (χ4n) is 1.01. The summed E-state index contributed by atoms with van der Waals surface area (Å²) in [5, 5.41) is 5.82. The summed E-state index contributed by atoms with van der Waals surface area (Å²) in [6, 6.07) is 9.91. The van der Waals surface area contributed by atoms with Crippen LogP contribution >= 0.6 is 0 Å². The third-order valence-corrected chi connectivity index (χ3v) is 1.56. The number of anilines is 1. The fraction of sp³-hybridized carbons (Fsp3) is 0. The third kappa shape index (κ3) is 1.29. The molecule has 0 amide bonds. The Hall–Kier alpha value is -1.77. The van der Waals surface area contributed by atoms with E-state index < -0.39 is 0 Å². The Balaban J connectivity index is 2.21. The minimum atomic E-state index is 1.03. The summed E-state index contributed by atoms with van der Waals surface area (Å²) in [5.41, 5.74) is 4.02. The van der Waals surface area contributed by atoms with Crippen LogP contribution in [0.15, 0.2) is 47.7 Å². The van der Waals surface area contributed by atoms with Crippen molar-refractivity contribution in [3.63, 3.8) is 0 Å². The third-order valence-electron chi connectivity index (χ3n) is 1.56. The Bertz CT molecular complexity index is 303. The van der Waals surface area contributed by atoms with Gasteiger partial charge < -0.3 is 0 Å². The minimum absolute atomic E-state index is 1.03. The Morgan fingerprint density at radius 2 is 2.00 bits per heavy atom. The van der Waals surface area contributed by atoms with E-state index in [1.165, 1.54) is 0 Å². The van der Waals surface area contributed by atoms with E-state index >= 15 is 0 Å². The Morgan fingerprint density at radius 3 is 2.67 bits per heavy atom. The van der Waals surface area contributed by atoms with Crippen LogP contribution < -0.4 is 10.5 Å². The van der Waals surface area contributed by atoms with Crippen molar-refractivity contribution >= 4 is 11.9 Å². The standard InChI is InChI=1S/C9H9N3/c1-2-5-9(6-3-1)12-10-7-4-8-11-12/h1-8,10H. The van der Waals surface area contributed by atoms with Gasteiger partial charge in [-0.05, 0) is 18.2 Å². The number of hydrogen-bond donors (Lipinski definition) is 1. The second-order valence-corrected chi connectivity index (χ2v) is 2.40. The smallest absolute Gasteiger partial charge is 0.0833 e. The van der Waals surface area contributed by atoms with Crippen LogP contribution in [0.2, 0.25) is 0 Å². The number of nitrogens with zero attached hydrogens (tertiary/aromatic N) is 2. The molecule has 0 saturated heterocycles. The van der Waals surface area contributed by atoms with Crippen LogP contribution in [0.1, 0.15) is 0 Å². The van der Waals surface area contributed by atoms with Crippen LogP contribution in [0.5, 0.6) is 0 Å². The summed E-state index contributed by atoms with van der Waals surface area (Å²) in [6.45, 7) is 0. The minimum Gasteiger partial charge on any atom is -0.285 e. The summed E-state index contributed by atoms with van der Waals surface area (Å²) in [5.74, 6) is 0. The summed E-state index contributed by atoms with van der Waals surface area (Å²) < 4.78 is 0. The topological polar surface area (TPSA) is 27.6 Å². The molecule has 0 fully saturated rings. The molecule has 1 N–H and O–H groups in total. The van der Waals surface area contributed by atoms with Crippen LogP contribution in [-0.2, 0) is 0 Å². The summed E-state index contributed by atoms with van der Waals surface area (Å²) in [7, 11) is 0. The molecule has 1 aromatic carbocycles. The van der Waals surface area contributed by atoms with E-state index in [9.17, 15) is 0 Å². The molecule has 3 nitrogen and oxygen atoms in total. The van der Waals surface area contributed by atoms with E-state index in [2.05, 4.69) is 10.5 Å². The van der Waals surface area contributed by atoms with Crippen molar-refractivity contribution in [3.05, 3.63) is 42.6 Å². The molecule has 0 unspecified atom stereocenters. The molecule has 0 spiro atoms. The number of nitrogens with one attached hydrogen (secondary N) is 1. The number of hydrazine groups is 1. The zero-order valence-corrected chi connectivity index (χ0v) is 6.51. The van der Waals surface area contributed by atoms with Gasteiger partial charge in [0.1, 0.15) is 0 Å². The van der Waals surface area contributed by atoms with E-state index in [1.54, 1.807) is 11.3 Å². The zero-order valence-electron chi connectivity index (χ0n) is 6.51. The number of para-hydroxylation sites is 1. The van der Waals surface area contributed by atoms with Gasteiger partial charge >= 0.3 is 0 Å². The lowest BCUT2D eigenvalue weighted by Crippen LogP contribution is -2.30. The van der Waals surface area contributed by atoms with E-state index in [0.29, 0.717) is 0 Å². The van der Waals surface area contributed by atoms with Crippen molar-refractivity contribution in [2.24, 2.45) is 5.10 Å². The van der Waals surface area contributed by atoms with Gasteiger partial charge in [-0.1, -0.05) is 18.2 Å². The van der Waals surface area contributed by atoms with Crippen molar-refractivity contribution < 1.29 is 0 Å². The number of hydrogen-bond acceptors (Lipinski definition) is 3. The summed E-state index contributed by atoms with van der Waals surface area (Å²) >= 11 is 0. The van der Waals surface area contributed by atoms with Crippen LogP contribution in [0.4, 0.5) is 5.69 Å². The average Bonchev–Trinajstić information content (AvgIpc) is 2.21. The maximum absolute atomic E-state index is 4.11. The van der Waals surface area contributed by atoms with Gasteiger partial charge in [0.05, 0.1) is 11.9 Å². The van der Waals surface area contributed by atoms with Gasteiger partial charge in [-0.25, -0.2) is 0 Å². The summed E-state index contributed by atoms with van der Waals surface area (Å²) in [4.78, 5) is 0. The molecule has 2 rings (SSSR count). The lowest BCUT2D eigenvalue weighted by molar-refractivity contribution is 0.775. The highest BCUT2D eigenvalue weighted by molar-refractivity contribution is 5.73. The van der Waals surface area contributed by atoms with Gasteiger partial charge in [-0.2, -0.15) is 10.2 Å². The van der Waals surface area contributed by atoms with Crippen LogP contribution in [0.25, 0.3) is 0 Å². The average molecular weight is 159 g/mol. The van der Waals surface area contributed by atoms with E-state index in [4.69, 9.17) is 0 Å². The van der Waals surface area contributed by atoms with E-state index in [-0.39, 0.29) is 0 Å². The normalized spacial score (nSPS) is 14.5. The van der Waals surface area contributed by atoms with Crippen molar-refractivity contribution in [1.82, 2.24) is 5.43 Å². The molecule has 0 atom stereocenters. The first kappa shape index (κ1) is 6.91. The second kappa shape index (κ2) is 3.09. The molecule has 1 aromatic rings. The molecule has 1 heterocycles. The van der Waals surface area contributed by atoms with E-state index in [1.807, 2.05) is 42.6 Å². The first-order chi connectivity index (χ1) is 5.97. The lowest BCUT2D eigenvalue weighted by atomic mass is 10.3. The van der Waals surface area contributed by atoms with Crippen molar-refractivity contribution in [2.75, 3.05) is 5.12 Å². The van der Waals surface area contributed by atoms with E-state index in [0.717, 1.165) is 5.69 Å². The van der Waals surface area contributed by atoms with Crippen molar-refractivity contribution in [1.29, 1.82) is 0 Å². The van der Waals surface area contributed by atoms with Crippen LogP contribution in [-0.4, -0.2) is 6.21 Å². The number of allylic oxidation sites excluding steroid dienone is 1. The van der Waals surface area contributed by atoms with Crippen molar-refractivity contribution in [2.45, 2.75) is 0 Å². The lowest BCUT2D eigenvalue weighted by Gasteiger charge is -2.19. The molecule has 0 aromatic heterocycles. The largest absolute Gasteiger partial charge is 0.285 e. The molecule has 3 heteroatoms. The maximum Gasteiger partial charge on any atom is 0.0833 e. The molecule has 0 radical (unpaired) electrons. The maximum atomic E-state index is 4.11. The second-order valence-electron chi connectivity index (χ2n) is 2.40. The van der Waals surface area contributed by atoms with Gasteiger partial charge in [0.25, 0.3) is 0 Å². The molecule has 0 saturated carbocycles. The molecular formula is C9H9N3. The Kier molecular flexibility index (Phi) is 1.78. The quantitative estimate of drug-likeness (QED) is 0.672. The molecule has 0 bridgehead atoms. The highest BCUT2D eigenvalue weighted by atomic mass is 15.7. The number of hydrazone groups is 1. The fourth-order valence-corrected chi connectivity index (χ4v) is 1.01. The highest BCUT2D eigenvalue weighted by Crippen LogP contribution is 2.11. The first-order valence-corrected chi connectivity index (χ1v) is 3.77. The van der Waals surface area contributed by atoms with Gasteiger partial charge in [0.2, 0.25) is 0 Å². The number of benzene rings is 1. The predicted molar refractivity (Wildman–Crippen MR) is 49.7 cm³/mol. The van der Waals surface area contributed by atoms with Gasteiger partial charge in [-0.3, -0.25) is 5.43 Å². The number of rotatable bonds is 1.